The molecule has 2 aromatic heterocycles. The van der Waals surface area contributed by atoms with E-state index in [9.17, 15) is 0 Å². The second kappa shape index (κ2) is 9.87. The van der Waals surface area contributed by atoms with Crippen LogP contribution in [0.1, 0.15) is 60.5 Å². The van der Waals surface area contributed by atoms with E-state index in [2.05, 4.69) is 96.6 Å². The first-order valence-corrected chi connectivity index (χ1v) is 13.8. The quantitative estimate of drug-likeness (QED) is 0.226. The van der Waals surface area contributed by atoms with Crippen molar-refractivity contribution in [2.75, 3.05) is 0 Å². The van der Waals surface area contributed by atoms with Gasteiger partial charge in [0, 0.05) is 39.8 Å². The van der Waals surface area contributed by atoms with Gasteiger partial charge >= 0.3 is 0 Å². The number of hydrogen-bond acceptors (Lipinski definition) is 3. The summed E-state index contributed by atoms with van der Waals surface area (Å²) in [4.78, 5) is 9.54. The molecule has 0 aliphatic heterocycles. The Labute approximate surface area is 217 Å². The van der Waals surface area contributed by atoms with Gasteiger partial charge in [-0.1, -0.05) is 73.9 Å². The third kappa shape index (κ3) is 4.54. The highest BCUT2D eigenvalue weighted by atomic mass is 32.1. The highest BCUT2D eigenvalue weighted by Crippen LogP contribution is 2.34. The number of nitrogens with zero attached hydrogens (tertiary/aromatic N) is 3. The van der Waals surface area contributed by atoms with Gasteiger partial charge in [0.25, 0.3) is 0 Å². The van der Waals surface area contributed by atoms with Crippen LogP contribution in [0.15, 0.2) is 83.2 Å². The summed E-state index contributed by atoms with van der Waals surface area (Å²) >= 11 is 1.59. The molecule has 1 aliphatic carbocycles. The van der Waals surface area contributed by atoms with Gasteiger partial charge in [0.1, 0.15) is 0 Å². The minimum atomic E-state index is 0.733. The Morgan fingerprint density at radius 1 is 0.889 bits per heavy atom. The first-order valence-electron chi connectivity index (χ1n) is 12.9. The summed E-state index contributed by atoms with van der Waals surface area (Å²) in [5.74, 6) is 0.733. The van der Waals surface area contributed by atoms with Gasteiger partial charge in [-0.25, -0.2) is 9.98 Å². The van der Waals surface area contributed by atoms with Crippen molar-refractivity contribution in [3.8, 4) is 16.9 Å². The van der Waals surface area contributed by atoms with Crippen LogP contribution in [0.4, 0.5) is 5.13 Å². The second-order valence-corrected chi connectivity index (χ2v) is 10.8. The van der Waals surface area contributed by atoms with Gasteiger partial charge in [-0.3, -0.25) is 0 Å². The Kier molecular flexibility index (Phi) is 6.28. The number of aromatic nitrogens is 2. The maximum Gasteiger partial charge on any atom is 0.209 e. The van der Waals surface area contributed by atoms with Gasteiger partial charge in [-0.2, -0.15) is 0 Å². The Bertz CT molecular complexity index is 1530. The molecule has 3 aromatic carbocycles. The van der Waals surface area contributed by atoms with Crippen LogP contribution in [0.5, 0.6) is 0 Å². The van der Waals surface area contributed by atoms with Gasteiger partial charge < -0.3 is 4.57 Å². The zero-order valence-corrected chi connectivity index (χ0v) is 21.8. The van der Waals surface area contributed by atoms with Crippen LogP contribution in [0.25, 0.3) is 27.7 Å². The fourth-order valence-electron chi connectivity index (χ4n) is 5.57. The number of rotatable bonds is 5. The summed E-state index contributed by atoms with van der Waals surface area (Å²) in [6.07, 6.45) is 8.74. The Morgan fingerprint density at radius 3 is 2.47 bits per heavy atom. The molecule has 4 heteroatoms. The fourth-order valence-corrected chi connectivity index (χ4v) is 6.24. The van der Waals surface area contributed by atoms with Gasteiger partial charge in [-0.05, 0) is 67.1 Å². The molecule has 5 aromatic rings. The minimum Gasteiger partial charge on any atom is -0.318 e. The molecular weight excluding hydrogens is 458 g/mol. The monoisotopic (exact) mass is 489 g/mol. The number of thiazole rings is 1. The molecule has 1 saturated carbocycles. The van der Waals surface area contributed by atoms with E-state index in [-0.39, 0.29) is 0 Å². The molecule has 0 unspecified atom stereocenters. The molecule has 180 valence electrons. The summed E-state index contributed by atoms with van der Waals surface area (Å²) in [6.45, 7) is 4.31. The highest BCUT2D eigenvalue weighted by molar-refractivity contribution is 7.13. The second-order valence-electron chi connectivity index (χ2n) is 9.92. The third-order valence-corrected chi connectivity index (χ3v) is 8.30. The lowest BCUT2D eigenvalue weighted by atomic mass is 9.84. The number of hydrogen-bond donors (Lipinski definition) is 0. The van der Waals surface area contributed by atoms with Gasteiger partial charge in [0.05, 0.1) is 5.69 Å². The summed E-state index contributed by atoms with van der Waals surface area (Å²) < 4.78 is 2.30. The van der Waals surface area contributed by atoms with Crippen molar-refractivity contribution in [2.45, 2.75) is 51.9 Å². The molecule has 0 saturated heterocycles. The first kappa shape index (κ1) is 22.9. The number of fused-ring (bicyclic) bond motifs is 1. The molecule has 0 N–H and O–H groups in total. The van der Waals surface area contributed by atoms with E-state index in [1.165, 1.54) is 71.1 Å². The van der Waals surface area contributed by atoms with Crippen molar-refractivity contribution < 1.29 is 0 Å². The lowest BCUT2D eigenvalue weighted by Crippen LogP contribution is -2.04. The Morgan fingerprint density at radius 2 is 1.67 bits per heavy atom. The SMILES string of the molecule is Cc1cc(C=Nc2nc(-c3ccc(C4CCCCC4)cc3)cs2)c(C)n1-c1ccc2ccccc2c1. The first-order chi connectivity index (χ1) is 17.7. The van der Waals surface area contributed by atoms with E-state index in [1.54, 1.807) is 11.3 Å². The highest BCUT2D eigenvalue weighted by Gasteiger charge is 2.16. The molecule has 36 heavy (non-hydrogen) atoms. The third-order valence-electron chi connectivity index (χ3n) is 7.55. The van der Waals surface area contributed by atoms with E-state index in [4.69, 9.17) is 9.98 Å². The van der Waals surface area contributed by atoms with Crippen molar-refractivity contribution in [3.63, 3.8) is 0 Å². The van der Waals surface area contributed by atoms with Crippen molar-refractivity contribution >= 4 is 33.5 Å². The molecule has 6 rings (SSSR count). The lowest BCUT2D eigenvalue weighted by Gasteiger charge is -2.22. The topological polar surface area (TPSA) is 30.2 Å². The van der Waals surface area contributed by atoms with E-state index >= 15 is 0 Å². The van der Waals surface area contributed by atoms with Crippen LogP contribution in [0, 0.1) is 13.8 Å². The van der Waals surface area contributed by atoms with Crippen molar-refractivity contribution in [3.05, 3.63) is 101 Å². The minimum absolute atomic E-state index is 0.733. The predicted octanol–water partition coefficient (Wildman–Crippen LogP) is 9.17. The van der Waals surface area contributed by atoms with Crippen LogP contribution in [0.3, 0.4) is 0 Å². The van der Waals surface area contributed by atoms with Crippen molar-refractivity contribution in [1.29, 1.82) is 0 Å². The van der Waals surface area contributed by atoms with Crippen LogP contribution >= 0.6 is 11.3 Å². The lowest BCUT2D eigenvalue weighted by molar-refractivity contribution is 0.443. The summed E-state index contributed by atoms with van der Waals surface area (Å²) in [5, 5.41) is 5.41. The van der Waals surface area contributed by atoms with Crippen molar-refractivity contribution in [1.82, 2.24) is 9.55 Å². The molecule has 0 spiro atoms. The van der Waals surface area contributed by atoms with E-state index in [0.717, 1.165) is 22.3 Å². The van der Waals surface area contributed by atoms with Gasteiger partial charge in [0.2, 0.25) is 5.13 Å². The van der Waals surface area contributed by atoms with E-state index in [0.29, 0.717) is 0 Å². The summed E-state index contributed by atoms with van der Waals surface area (Å²) in [6, 6.07) is 26.4. The fraction of sp³-hybridized carbons (Fsp3) is 0.250. The van der Waals surface area contributed by atoms with E-state index in [1.807, 2.05) is 6.21 Å². The standard InChI is InChI=1S/C32H31N3S/c1-22-18-29(23(2)35(22)30-17-16-25-10-6-7-11-28(25)19-30)20-33-32-34-31(21-36-32)27-14-12-26(13-15-27)24-8-4-3-5-9-24/h6-7,10-21,24H,3-5,8-9H2,1-2H3. The molecule has 0 radical (unpaired) electrons. The Balaban J connectivity index is 1.21. The average Bonchev–Trinajstić information content (AvgIpc) is 3.51. The molecule has 2 heterocycles. The zero-order valence-electron chi connectivity index (χ0n) is 20.9. The molecule has 0 bridgehead atoms. The summed E-state index contributed by atoms with van der Waals surface area (Å²) in [7, 11) is 0. The number of aliphatic imine (C=N–C) groups is 1. The van der Waals surface area contributed by atoms with Crippen LogP contribution in [0.2, 0.25) is 0 Å². The maximum atomic E-state index is 4.80. The smallest absolute Gasteiger partial charge is 0.209 e. The largest absolute Gasteiger partial charge is 0.318 e. The van der Waals surface area contributed by atoms with Gasteiger partial charge in [-0.15, -0.1) is 11.3 Å². The zero-order chi connectivity index (χ0) is 24.5. The predicted molar refractivity (Wildman–Crippen MR) is 153 cm³/mol. The van der Waals surface area contributed by atoms with Crippen LogP contribution in [-0.4, -0.2) is 15.8 Å². The van der Waals surface area contributed by atoms with Crippen LogP contribution < -0.4 is 0 Å². The summed E-state index contributed by atoms with van der Waals surface area (Å²) in [5.41, 5.74) is 8.33. The van der Waals surface area contributed by atoms with Crippen molar-refractivity contribution in [2.24, 2.45) is 4.99 Å². The average molecular weight is 490 g/mol. The van der Waals surface area contributed by atoms with E-state index < -0.39 is 0 Å². The molecule has 0 atom stereocenters. The molecule has 0 amide bonds. The van der Waals surface area contributed by atoms with Gasteiger partial charge in [0.15, 0.2) is 0 Å². The molecule has 3 nitrogen and oxygen atoms in total. The molecule has 1 aliphatic rings. The normalized spacial score (nSPS) is 14.7. The molecule has 1 fully saturated rings. The maximum absolute atomic E-state index is 4.80. The van der Waals surface area contributed by atoms with Crippen LogP contribution in [-0.2, 0) is 0 Å². The number of benzene rings is 3. The Hall–Kier alpha value is -3.50. The molecular formula is C32H31N3S. The number of aryl methyl sites for hydroxylation is 1.